The summed E-state index contributed by atoms with van der Waals surface area (Å²) in [6, 6.07) is 25.3. The minimum Gasteiger partial charge on any atom is -0.457 e. The highest BCUT2D eigenvalue weighted by atomic mass is 16.5. The molecule has 7 heteroatoms. The molecule has 0 unspecified atom stereocenters. The Bertz CT molecular complexity index is 1310. The van der Waals surface area contributed by atoms with Gasteiger partial charge in [-0.05, 0) is 48.0 Å². The molecule has 0 aliphatic heterocycles. The quantitative estimate of drug-likeness (QED) is 0.352. The van der Waals surface area contributed by atoms with Crippen molar-refractivity contribution >= 4 is 17.5 Å². The molecule has 0 saturated carbocycles. The van der Waals surface area contributed by atoms with Crippen molar-refractivity contribution < 1.29 is 19.1 Å². The molecule has 4 aromatic rings. The number of aromatic nitrogens is 1. The van der Waals surface area contributed by atoms with Crippen LogP contribution in [0.4, 0.5) is 5.69 Å². The summed E-state index contributed by atoms with van der Waals surface area (Å²) in [5, 5.41) is 2.80. The third-order valence-corrected chi connectivity index (χ3v) is 4.93. The Morgan fingerprint density at radius 3 is 2.26 bits per heavy atom. The van der Waals surface area contributed by atoms with E-state index in [1.165, 1.54) is 6.20 Å². The fraction of sp³-hybridized carbons (Fsp3) is 0.0741. The fourth-order valence-electron chi connectivity index (χ4n) is 3.32. The minimum atomic E-state index is -0.672. The first kappa shape index (κ1) is 22.5. The van der Waals surface area contributed by atoms with E-state index in [4.69, 9.17) is 15.2 Å². The number of nitrogens with zero attached hydrogens (tertiary/aromatic N) is 1. The summed E-state index contributed by atoms with van der Waals surface area (Å²) in [5.74, 6) is 1.47. The van der Waals surface area contributed by atoms with Crippen molar-refractivity contribution in [3.05, 3.63) is 96.8 Å². The van der Waals surface area contributed by atoms with E-state index in [-0.39, 0.29) is 11.6 Å². The van der Waals surface area contributed by atoms with Crippen LogP contribution in [0.1, 0.15) is 23.8 Å². The van der Waals surface area contributed by atoms with E-state index in [0.717, 1.165) is 0 Å². The molecule has 34 heavy (non-hydrogen) atoms. The molecule has 0 saturated heterocycles. The first-order chi connectivity index (χ1) is 16.5. The second kappa shape index (κ2) is 10.3. The number of carbonyl (C=O) groups is 2. The molecule has 7 nitrogen and oxygen atoms in total. The normalized spacial score (nSPS) is 10.4. The van der Waals surface area contributed by atoms with Crippen molar-refractivity contribution in [2.45, 2.75) is 13.3 Å². The predicted molar refractivity (Wildman–Crippen MR) is 130 cm³/mol. The molecule has 3 N–H and O–H groups in total. The molecule has 0 aliphatic carbocycles. The summed E-state index contributed by atoms with van der Waals surface area (Å²) in [5.41, 5.74) is 7.46. The number of hydrogen-bond acceptors (Lipinski definition) is 5. The lowest BCUT2D eigenvalue weighted by Gasteiger charge is -2.15. The number of nitrogens with one attached hydrogen (secondary N) is 1. The van der Waals surface area contributed by atoms with Crippen LogP contribution in [0.5, 0.6) is 23.0 Å². The van der Waals surface area contributed by atoms with Gasteiger partial charge in [-0.25, -0.2) is 0 Å². The molecule has 1 aromatic heterocycles. The number of hydrogen-bond donors (Lipinski definition) is 2. The van der Waals surface area contributed by atoms with Crippen LogP contribution in [0.2, 0.25) is 0 Å². The Labute approximate surface area is 197 Å². The van der Waals surface area contributed by atoms with Gasteiger partial charge in [-0.3, -0.25) is 14.6 Å². The van der Waals surface area contributed by atoms with Gasteiger partial charge in [-0.1, -0.05) is 43.3 Å². The van der Waals surface area contributed by atoms with Crippen LogP contribution in [0.15, 0.2) is 91.1 Å². The first-order valence-electron chi connectivity index (χ1n) is 10.7. The zero-order chi connectivity index (χ0) is 23.9. The molecule has 0 spiro atoms. The third-order valence-electron chi connectivity index (χ3n) is 4.93. The van der Waals surface area contributed by atoms with Crippen molar-refractivity contribution in [2.75, 3.05) is 5.32 Å². The third kappa shape index (κ3) is 5.39. The molecule has 2 amide bonds. The SMILES string of the molecule is CCC(=O)Nc1cccc(Oc2ccnc(C(N)=O)c2-c2ccc(Oc3ccccc3)cc2)c1. The van der Waals surface area contributed by atoms with Crippen LogP contribution in [-0.2, 0) is 4.79 Å². The second-order valence-corrected chi connectivity index (χ2v) is 7.37. The van der Waals surface area contributed by atoms with E-state index in [9.17, 15) is 9.59 Å². The van der Waals surface area contributed by atoms with E-state index >= 15 is 0 Å². The van der Waals surface area contributed by atoms with Gasteiger partial charge in [-0.15, -0.1) is 0 Å². The number of carbonyl (C=O) groups excluding carboxylic acids is 2. The Morgan fingerprint density at radius 2 is 1.56 bits per heavy atom. The minimum absolute atomic E-state index is 0.0877. The van der Waals surface area contributed by atoms with Gasteiger partial charge in [0, 0.05) is 24.4 Å². The predicted octanol–water partition coefficient (Wildman–Crippen LogP) is 5.78. The molecule has 1 heterocycles. The summed E-state index contributed by atoms with van der Waals surface area (Å²) in [7, 11) is 0. The molecular formula is C27H23N3O4. The maximum absolute atomic E-state index is 12.1. The van der Waals surface area contributed by atoms with Crippen molar-refractivity contribution in [2.24, 2.45) is 5.73 Å². The van der Waals surface area contributed by atoms with E-state index in [1.807, 2.05) is 42.5 Å². The van der Waals surface area contributed by atoms with Gasteiger partial charge in [0.2, 0.25) is 5.91 Å². The molecule has 3 aromatic carbocycles. The largest absolute Gasteiger partial charge is 0.457 e. The molecule has 0 radical (unpaired) electrons. The van der Waals surface area contributed by atoms with Gasteiger partial charge in [0.15, 0.2) is 0 Å². The van der Waals surface area contributed by atoms with Gasteiger partial charge in [-0.2, -0.15) is 0 Å². The lowest BCUT2D eigenvalue weighted by molar-refractivity contribution is -0.115. The molecule has 0 bridgehead atoms. The number of ether oxygens (including phenoxy) is 2. The molecule has 0 aliphatic rings. The number of pyridine rings is 1. The Balaban J connectivity index is 1.66. The van der Waals surface area contributed by atoms with Crippen LogP contribution in [0.3, 0.4) is 0 Å². The number of anilines is 1. The van der Waals surface area contributed by atoms with Gasteiger partial charge >= 0.3 is 0 Å². The summed E-state index contributed by atoms with van der Waals surface area (Å²) in [6.45, 7) is 1.78. The summed E-state index contributed by atoms with van der Waals surface area (Å²) >= 11 is 0. The van der Waals surface area contributed by atoms with E-state index in [2.05, 4.69) is 10.3 Å². The standard InChI is InChI=1S/C27H23N3O4/c1-2-24(31)30-19-7-6-10-22(17-19)34-23-15-16-29-26(27(28)32)25(23)18-11-13-21(14-12-18)33-20-8-4-3-5-9-20/h3-17H,2H2,1H3,(H2,28,32)(H,30,31). The van der Waals surface area contributed by atoms with Crippen LogP contribution >= 0.6 is 0 Å². The van der Waals surface area contributed by atoms with Crippen LogP contribution < -0.4 is 20.5 Å². The molecule has 170 valence electrons. The van der Waals surface area contributed by atoms with Crippen molar-refractivity contribution in [1.82, 2.24) is 4.98 Å². The number of benzene rings is 3. The summed E-state index contributed by atoms with van der Waals surface area (Å²) in [6.07, 6.45) is 1.83. The smallest absolute Gasteiger partial charge is 0.268 e. The number of nitrogens with two attached hydrogens (primary N) is 1. The zero-order valence-electron chi connectivity index (χ0n) is 18.5. The van der Waals surface area contributed by atoms with Crippen LogP contribution in [0, 0.1) is 0 Å². The van der Waals surface area contributed by atoms with E-state index < -0.39 is 5.91 Å². The number of primary amides is 1. The summed E-state index contributed by atoms with van der Waals surface area (Å²) in [4.78, 5) is 28.1. The first-order valence-corrected chi connectivity index (χ1v) is 10.7. The average Bonchev–Trinajstić information content (AvgIpc) is 2.85. The van der Waals surface area contributed by atoms with Gasteiger partial charge in [0.1, 0.15) is 28.7 Å². The van der Waals surface area contributed by atoms with Gasteiger partial charge in [0.25, 0.3) is 5.91 Å². The highest BCUT2D eigenvalue weighted by molar-refractivity contribution is 5.99. The van der Waals surface area contributed by atoms with Gasteiger partial charge < -0.3 is 20.5 Å². The molecule has 0 atom stereocenters. The van der Waals surface area contributed by atoms with Gasteiger partial charge in [0.05, 0.1) is 5.56 Å². The lowest BCUT2D eigenvalue weighted by Crippen LogP contribution is -2.15. The Hall–Kier alpha value is -4.65. The monoisotopic (exact) mass is 453 g/mol. The Morgan fingerprint density at radius 1 is 0.853 bits per heavy atom. The van der Waals surface area contributed by atoms with Crippen molar-refractivity contribution in [3.8, 4) is 34.1 Å². The fourth-order valence-corrected chi connectivity index (χ4v) is 3.32. The zero-order valence-corrected chi connectivity index (χ0v) is 18.5. The van der Waals surface area contributed by atoms with Crippen molar-refractivity contribution in [1.29, 1.82) is 0 Å². The topological polar surface area (TPSA) is 104 Å². The van der Waals surface area contributed by atoms with E-state index in [1.54, 1.807) is 49.4 Å². The highest BCUT2D eigenvalue weighted by Crippen LogP contribution is 2.37. The summed E-state index contributed by atoms with van der Waals surface area (Å²) < 4.78 is 12.0. The van der Waals surface area contributed by atoms with Crippen LogP contribution in [0.25, 0.3) is 11.1 Å². The lowest BCUT2D eigenvalue weighted by atomic mass is 10.0. The Kier molecular flexibility index (Phi) is 6.84. The average molecular weight is 453 g/mol. The second-order valence-electron chi connectivity index (χ2n) is 7.37. The van der Waals surface area contributed by atoms with Crippen molar-refractivity contribution in [3.63, 3.8) is 0 Å². The molecule has 0 fully saturated rings. The number of para-hydroxylation sites is 1. The molecule has 4 rings (SSSR count). The maximum atomic E-state index is 12.1. The van der Waals surface area contributed by atoms with E-state index in [0.29, 0.717) is 46.2 Å². The maximum Gasteiger partial charge on any atom is 0.268 e. The molecular weight excluding hydrogens is 430 g/mol. The number of amides is 2. The highest BCUT2D eigenvalue weighted by Gasteiger charge is 2.18. The van der Waals surface area contributed by atoms with Crippen LogP contribution in [-0.4, -0.2) is 16.8 Å². The number of rotatable bonds is 8.